The first-order valence-corrected chi connectivity index (χ1v) is 9.71. The number of hydrogen-bond acceptors (Lipinski definition) is 5. The quantitative estimate of drug-likeness (QED) is 0.326. The van der Waals surface area contributed by atoms with Gasteiger partial charge in [0.2, 0.25) is 0 Å². The van der Waals surface area contributed by atoms with Gasteiger partial charge in [0.1, 0.15) is 11.8 Å². The molecule has 7 heteroatoms. The van der Waals surface area contributed by atoms with Gasteiger partial charge in [-0.3, -0.25) is 4.79 Å². The molecule has 3 aromatic rings. The van der Waals surface area contributed by atoms with Crippen molar-refractivity contribution in [3.8, 4) is 5.75 Å². The number of hydrogen-bond donors (Lipinski definition) is 0. The number of ether oxygens (including phenoxy) is 2. The number of methoxy groups -OCH3 is 1. The maximum absolute atomic E-state index is 13.7. The lowest BCUT2D eigenvalue weighted by Gasteiger charge is -2.09. The minimum Gasteiger partial charge on any atom is -0.494 e. The summed E-state index contributed by atoms with van der Waals surface area (Å²) in [4.78, 5) is 17.5. The van der Waals surface area contributed by atoms with Gasteiger partial charge in [-0.2, -0.15) is 0 Å². The Kier molecular flexibility index (Phi) is 6.19. The molecule has 1 heterocycles. The van der Waals surface area contributed by atoms with Crippen molar-refractivity contribution in [1.29, 1.82) is 0 Å². The van der Waals surface area contributed by atoms with E-state index in [1.165, 1.54) is 19.2 Å². The Labute approximate surface area is 165 Å². The average molecular weight is 406 g/mol. The Morgan fingerprint density at radius 2 is 2.04 bits per heavy atom. The molecule has 0 bridgehead atoms. The van der Waals surface area contributed by atoms with E-state index in [2.05, 4.69) is 4.98 Å². The van der Waals surface area contributed by atoms with Gasteiger partial charge in [0.05, 0.1) is 19.0 Å². The van der Waals surface area contributed by atoms with Crippen molar-refractivity contribution in [2.24, 2.45) is 0 Å². The molecule has 0 aliphatic heterocycles. The van der Waals surface area contributed by atoms with E-state index in [-0.39, 0.29) is 18.8 Å². The number of halogens is 2. The molecule has 0 atom stereocenters. The van der Waals surface area contributed by atoms with Gasteiger partial charge in [-0.05, 0) is 42.2 Å². The molecule has 0 aliphatic rings. The molecule has 0 N–H and O–H groups in total. The zero-order valence-corrected chi connectivity index (χ0v) is 16.4. The first kappa shape index (κ1) is 19.5. The zero-order chi connectivity index (χ0) is 19.4. The van der Waals surface area contributed by atoms with Crippen LogP contribution in [0.4, 0.5) is 4.39 Å². The van der Waals surface area contributed by atoms with Crippen LogP contribution in [0.2, 0.25) is 5.15 Å². The molecule has 0 radical (unpaired) electrons. The van der Waals surface area contributed by atoms with Crippen molar-refractivity contribution in [3.05, 3.63) is 64.6 Å². The van der Waals surface area contributed by atoms with Crippen molar-refractivity contribution >= 4 is 40.2 Å². The van der Waals surface area contributed by atoms with Crippen molar-refractivity contribution in [2.45, 2.75) is 17.9 Å². The van der Waals surface area contributed by atoms with Gasteiger partial charge >= 0.3 is 5.97 Å². The van der Waals surface area contributed by atoms with Crippen LogP contribution in [0.5, 0.6) is 5.75 Å². The maximum Gasteiger partial charge on any atom is 0.310 e. The fraction of sp³-hybridized carbons (Fsp3) is 0.200. The van der Waals surface area contributed by atoms with Crippen LogP contribution in [0.1, 0.15) is 11.1 Å². The number of thioether (sulfide) groups is 1. The zero-order valence-electron chi connectivity index (χ0n) is 14.8. The number of aromatic nitrogens is 1. The second-order valence-electron chi connectivity index (χ2n) is 5.80. The smallest absolute Gasteiger partial charge is 0.310 e. The number of carbonyl (C=O) groups is 1. The summed E-state index contributed by atoms with van der Waals surface area (Å²) < 4.78 is 23.8. The molecule has 0 amide bonds. The lowest BCUT2D eigenvalue weighted by Crippen LogP contribution is -2.09. The molecular formula is C20H17ClFNO3S. The van der Waals surface area contributed by atoms with Gasteiger partial charge in [0.25, 0.3) is 0 Å². The Bertz CT molecular complexity index is 996. The molecule has 2 aromatic carbocycles. The first-order chi connectivity index (χ1) is 13.0. The summed E-state index contributed by atoms with van der Waals surface area (Å²) >= 11 is 7.85. The Morgan fingerprint density at radius 3 is 2.74 bits per heavy atom. The Balaban J connectivity index is 1.67. The summed E-state index contributed by atoms with van der Waals surface area (Å²) in [5.74, 6) is -0.867. The summed E-state index contributed by atoms with van der Waals surface area (Å²) in [7, 11) is 1.38. The minimum atomic E-state index is -0.519. The molecular weight excluding hydrogens is 389 g/mol. The van der Waals surface area contributed by atoms with Crippen LogP contribution in [0.3, 0.4) is 0 Å². The third kappa shape index (κ3) is 4.70. The van der Waals surface area contributed by atoms with Crippen LogP contribution in [-0.4, -0.2) is 24.3 Å². The predicted molar refractivity (Wildman–Crippen MR) is 105 cm³/mol. The summed E-state index contributed by atoms with van der Waals surface area (Å²) in [6.45, 7) is 0.00349. The lowest BCUT2D eigenvalue weighted by molar-refractivity contribution is -0.144. The van der Waals surface area contributed by atoms with E-state index in [0.29, 0.717) is 16.3 Å². The molecule has 0 fully saturated rings. The lowest BCUT2D eigenvalue weighted by atomic mass is 10.1. The minimum absolute atomic E-state index is 0.00349. The van der Waals surface area contributed by atoms with Crippen LogP contribution in [0.15, 0.2) is 47.4 Å². The first-order valence-electron chi connectivity index (χ1n) is 8.11. The van der Waals surface area contributed by atoms with Crippen LogP contribution in [-0.2, 0) is 22.6 Å². The van der Waals surface area contributed by atoms with Gasteiger partial charge in [0, 0.05) is 15.8 Å². The van der Waals surface area contributed by atoms with Gasteiger partial charge < -0.3 is 9.47 Å². The molecule has 140 valence electrons. The third-order valence-corrected chi connectivity index (χ3v) is 5.06. The topological polar surface area (TPSA) is 48.4 Å². The molecule has 4 nitrogen and oxygen atoms in total. The van der Waals surface area contributed by atoms with E-state index in [1.807, 2.05) is 30.5 Å². The van der Waals surface area contributed by atoms with Gasteiger partial charge in [-0.15, -0.1) is 11.8 Å². The van der Waals surface area contributed by atoms with E-state index < -0.39 is 11.8 Å². The normalized spacial score (nSPS) is 10.8. The third-order valence-electron chi connectivity index (χ3n) is 4.00. The number of fused-ring (bicyclic) bond motifs is 1. The largest absolute Gasteiger partial charge is 0.494 e. The number of rotatable bonds is 6. The van der Waals surface area contributed by atoms with Crippen molar-refractivity contribution in [2.75, 3.05) is 13.4 Å². The fourth-order valence-corrected chi connectivity index (χ4v) is 3.22. The highest BCUT2D eigenvalue weighted by Gasteiger charge is 2.11. The molecule has 0 saturated carbocycles. The highest BCUT2D eigenvalue weighted by atomic mass is 35.5. The number of esters is 1. The molecule has 27 heavy (non-hydrogen) atoms. The van der Waals surface area contributed by atoms with E-state index in [1.54, 1.807) is 17.8 Å². The number of benzene rings is 2. The Hall–Kier alpha value is -2.31. The standard InChI is InChI=1S/C20H17ClFNO3S/c1-25-18-6-3-12(7-16(18)22)8-19(24)26-11-14-9-13-4-5-15(27-2)10-17(13)23-20(14)21/h3-7,9-10H,8,11H2,1-2H3. The summed E-state index contributed by atoms with van der Waals surface area (Å²) in [6.07, 6.45) is 1.95. The Morgan fingerprint density at radius 1 is 1.22 bits per heavy atom. The SMILES string of the molecule is COc1ccc(CC(=O)OCc2cc3ccc(SC)cc3nc2Cl)cc1F. The van der Waals surface area contributed by atoms with E-state index in [4.69, 9.17) is 21.1 Å². The van der Waals surface area contributed by atoms with Crippen LogP contribution < -0.4 is 4.74 Å². The van der Waals surface area contributed by atoms with Gasteiger partial charge in [0.15, 0.2) is 11.6 Å². The summed E-state index contributed by atoms with van der Waals surface area (Å²) in [5, 5.41) is 1.21. The second-order valence-corrected chi connectivity index (χ2v) is 7.04. The van der Waals surface area contributed by atoms with Crippen molar-refractivity contribution in [1.82, 2.24) is 4.98 Å². The van der Waals surface area contributed by atoms with E-state index >= 15 is 0 Å². The monoisotopic (exact) mass is 405 g/mol. The van der Waals surface area contributed by atoms with Gasteiger partial charge in [-0.25, -0.2) is 9.37 Å². The average Bonchev–Trinajstić information content (AvgIpc) is 2.66. The molecule has 0 spiro atoms. The van der Waals surface area contributed by atoms with Crippen molar-refractivity contribution < 1.29 is 18.7 Å². The van der Waals surface area contributed by atoms with Gasteiger partial charge in [-0.1, -0.05) is 23.7 Å². The number of pyridine rings is 1. The van der Waals surface area contributed by atoms with Crippen LogP contribution >= 0.6 is 23.4 Å². The molecule has 0 aliphatic carbocycles. The molecule has 3 rings (SSSR count). The molecule has 1 aromatic heterocycles. The van der Waals surface area contributed by atoms with Crippen molar-refractivity contribution in [3.63, 3.8) is 0 Å². The number of carbonyl (C=O) groups excluding carboxylic acids is 1. The summed E-state index contributed by atoms with van der Waals surface area (Å²) in [5.41, 5.74) is 1.91. The van der Waals surface area contributed by atoms with Crippen LogP contribution in [0, 0.1) is 5.82 Å². The van der Waals surface area contributed by atoms with E-state index in [0.717, 1.165) is 15.8 Å². The fourth-order valence-electron chi connectivity index (χ4n) is 2.59. The van der Waals surface area contributed by atoms with Crippen LogP contribution in [0.25, 0.3) is 10.9 Å². The second kappa shape index (κ2) is 8.59. The molecule has 0 saturated heterocycles. The van der Waals surface area contributed by atoms with E-state index in [9.17, 15) is 9.18 Å². The highest BCUT2D eigenvalue weighted by Crippen LogP contribution is 2.25. The number of nitrogens with zero attached hydrogens (tertiary/aromatic N) is 1. The predicted octanol–water partition coefficient (Wildman–Crippen LogP) is 5.04. The highest BCUT2D eigenvalue weighted by molar-refractivity contribution is 7.98. The maximum atomic E-state index is 13.7. The molecule has 0 unspecified atom stereocenters. The summed E-state index contributed by atoms with van der Waals surface area (Å²) in [6, 6.07) is 12.1.